The lowest BCUT2D eigenvalue weighted by atomic mass is 9.96. The number of Topliss-reactive ketones (excluding diaryl/α,β-unsaturated/α-hetero) is 1. The van der Waals surface area contributed by atoms with Crippen LogP contribution in [0.1, 0.15) is 49.4 Å². The summed E-state index contributed by atoms with van der Waals surface area (Å²) in [5.41, 5.74) is 6.95. The second-order valence-corrected chi connectivity index (χ2v) is 8.54. The summed E-state index contributed by atoms with van der Waals surface area (Å²) in [5, 5.41) is 0.980. The maximum absolute atomic E-state index is 13.3. The Morgan fingerprint density at radius 2 is 1.90 bits per heavy atom. The molecule has 6 rings (SSSR count). The van der Waals surface area contributed by atoms with Crippen LogP contribution in [0.4, 0.5) is 0 Å². The number of carbonyl (C=O) groups excluding carboxylic acids is 1. The number of fused-ring (bicyclic) bond motifs is 6. The highest BCUT2D eigenvalue weighted by Crippen LogP contribution is 2.43. The van der Waals surface area contributed by atoms with Crippen molar-refractivity contribution in [1.29, 1.82) is 0 Å². The van der Waals surface area contributed by atoms with Crippen LogP contribution in [-0.4, -0.2) is 22.1 Å². The van der Waals surface area contributed by atoms with Crippen LogP contribution in [-0.2, 0) is 17.8 Å². The molecule has 0 N–H and O–H groups in total. The van der Waals surface area contributed by atoms with E-state index in [0.29, 0.717) is 30.0 Å². The van der Waals surface area contributed by atoms with Crippen LogP contribution < -0.4 is 15.0 Å². The molecule has 31 heavy (non-hydrogen) atoms. The first kappa shape index (κ1) is 18.4. The highest BCUT2D eigenvalue weighted by molar-refractivity contribution is 6.02. The third kappa shape index (κ3) is 2.48. The number of benzene rings is 1. The van der Waals surface area contributed by atoms with Gasteiger partial charge in [0.25, 0.3) is 5.56 Å². The van der Waals surface area contributed by atoms with Crippen LogP contribution >= 0.6 is 0 Å². The Morgan fingerprint density at radius 3 is 2.65 bits per heavy atom. The molecule has 3 aromatic rings. The normalized spacial score (nSPS) is 15.9. The first-order chi connectivity index (χ1) is 15.0. The van der Waals surface area contributed by atoms with E-state index in [1.807, 2.05) is 25.1 Å². The number of ether oxygens (including phenoxy) is 2. The standard InChI is InChI=1S/C25H21N2O4/c1-4-13-15-6-20-24-18(10-27(20)25(29)17(15)7-21(13)28)14(5-12(2)3)16-8-22-23(31-11-30-22)9-19(16)26-24/h5-6,8-9H,4,7,10-11H2,1-3H3. The van der Waals surface area contributed by atoms with Crippen molar-refractivity contribution in [2.75, 3.05) is 6.79 Å². The molecule has 0 unspecified atom stereocenters. The van der Waals surface area contributed by atoms with Crippen molar-refractivity contribution in [3.05, 3.63) is 62.3 Å². The minimum Gasteiger partial charge on any atom is -0.454 e. The van der Waals surface area contributed by atoms with Crippen molar-refractivity contribution in [3.8, 4) is 22.9 Å². The molecule has 0 spiro atoms. The van der Waals surface area contributed by atoms with Gasteiger partial charge in [-0.2, -0.15) is 0 Å². The third-order valence-electron chi connectivity index (χ3n) is 6.37. The Kier molecular flexibility index (Phi) is 3.73. The summed E-state index contributed by atoms with van der Waals surface area (Å²) in [5.74, 6) is 2.20. The number of ketones is 1. The zero-order valence-electron chi connectivity index (χ0n) is 17.7. The van der Waals surface area contributed by atoms with E-state index in [9.17, 15) is 9.59 Å². The summed E-state index contributed by atoms with van der Waals surface area (Å²) < 4.78 is 12.9. The highest BCUT2D eigenvalue weighted by atomic mass is 16.7. The largest absolute Gasteiger partial charge is 0.454 e. The Balaban J connectivity index is 1.66. The fraction of sp³-hybridized carbons (Fsp3) is 0.280. The van der Waals surface area contributed by atoms with Crippen molar-refractivity contribution in [3.63, 3.8) is 0 Å². The maximum atomic E-state index is 13.3. The molecule has 2 aromatic heterocycles. The molecule has 0 saturated carbocycles. The number of hydrogen-bond acceptors (Lipinski definition) is 5. The topological polar surface area (TPSA) is 70.4 Å². The van der Waals surface area contributed by atoms with E-state index >= 15 is 0 Å². The molecule has 1 aliphatic carbocycles. The average Bonchev–Trinajstić information content (AvgIpc) is 3.42. The minimum atomic E-state index is -0.0799. The molecular weight excluding hydrogens is 392 g/mol. The molecule has 6 nitrogen and oxygen atoms in total. The molecule has 2 aliphatic heterocycles. The third-order valence-corrected chi connectivity index (χ3v) is 6.37. The summed E-state index contributed by atoms with van der Waals surface area (Å²) in [6, 6.07) is 5.87. The number of allylic oxidation sites excluding steroid dienone is 1. The van der Waals surface area contributed by atoms with Gasteiger partial charge in [0.1, 0.15) is 5.78 Å². The van der Waals surface area contributed by atoms with Gasteiger partial charge in [-0.05, 0) is 43.5 Å². The van der Waals surface area contributed by atoms with E-state index in [4.69, 9.17) is 14.5 Å². The second-order valence-electron chi connectivity index (χ2n) is 8.54. The molecule has 0 amide bonds. The molecule has 1 radical (unpaired) electrons. The van der Waals surface area contributed by atoms with E-state index in [1.54, 1.807) is 4.57 Å². The monoisotopic (exact) mass is 413 g/mol. The van der Waals surface area contributed by atoms with Crippen LogP contribution in [0.3, 0.4) is 0 Å². The van der Waals surface area contributed by atoms with Gasteiger partial charge in [-0.15, -0.1) is 0 Å². The summed E-state index contributed by atoms with van der Waals surface area (Å²) in [4.78, 5) is 30.7. The second kappa shape index (κ2) is 6.30. The molecule has 155 valence electrons. The Bertz CT molecular complexity index is 1410. The molecule has 0 saturated heterocycles. The molecule has 1 aromatic carbocycles. The number of aromatic nitrogens is 2. The van der Waals surface area contributed by atoms with E-state index < -0.39 is 0 Å². The van der Waals surface area contributed by atoms with Gasteiger partial charge in [0.15, 0.2) is 11.5 Å². The first-order valence-corrected chi connectivity index (χ1v) is 10.5. The van der Waals surface area contributed by atoms with Gasteiger partial charge in [-0.3, -0.25) is 9.59 Å². The lowest BCUT2D eigenvalue weighted by Gasteiger charge is -2.11. The summed E-state index contributed by atoms with van der Waals surface area (Å²) >= 11 is 0. The number of hydrogen-bond donors (Lipinski definition) is 0. The number of pyridine rings is 2. The van der Waals surface area contributed by atoms with Crippen molar-refractivity contribution in [2.45, 2.75) is 40.2 Å². The Morgan fingerprint density at radius 1 is 1.13 bits per heavy atom. The van der Waals surface area contributed by atoms with Gasteiger partial charge in [-0.25, -0.2) is 4.98 Å². The van der Waals surface area contributed by atoms with Crippen LogP contribution in [0, 0.1) is 5.92 Å². The number of carbonyl (C=O) groups is 1. The van der Waals surface area contributed by atoms with E-state index in [1.165, 1.54) is 0 Å². The zero-order chi connectivity index (χ0) is 21.4. The average molecular weight is 413 g/mol. The molecule has 0 atom stereocenters. The smallest absolute Gasteiger partial charge is 0.255 e. The fourth-order valence-electron chi connectivity index (χ4n) is 4.99. The van der Waals surface area contributed by atoms with Gasteiger partial charge in [0, 0.05) is 29.0 Å². The maximum Gasteiger partial charge on any atom is 0.255 e. The SMILES string of the molecule is CC[C]1C(=O)Cc2c1cc1n(c2=O)Cc2c-1nc1cc3c(cc1c2C=C(C)C)OCO3. The summed E-state index contributed by atoms with van der Waals surface area (Å²) in [6.07, 6.45) is 2.97. The number of nitrogens with zero attached hydrogens (tertiary/aromatic N) is 2. The molecule has 0 bridgehead atoms. The van der Waals surface area contributed by atoms with E-state index in [2.05, 4.69) is 19.9 Å². The molecular formula is C25H21N2O4. The predicted molar refractivity (Wildman–Crippen MR) is 117 cm³/mol. The van der Waals surface area contributed by atoms with Crippen molar-refractivity contribution >= 4 is 22.8 Å². The van der Waals surface area contributed by atoms with Gasteiger partial charge in [-0.1, -0.05) is 18.6 Å². The van der Waals surface area contributed by atoms with Crippen LogP contribution in [0.2, 0.25) is 0 Å². The lowest BCUT2D eigenvalue weighted by molar-refractivity contribution is -0.115. The van der Waals surface area contributed by atoms with Crippen molar-refractivity contribution in [2.24, 2.45) is 0 Å². The van der Waals surface area contributed by atoms with Crippen molar-refractivity contribution in [1.82, 2.24) is 9.55 Å². The molecule has 0 fully saturated rings. The van der Waals surface area contributed by atoms with Gasteiger partial charge >= 0.3 is 0 Å². The van der Waals surface area contributed by atoms with Crippen LogP contribution in [0.5, 0.6) is 11.5 Å². The summed E-state index contributed by atoms with van der Waals surface area (Å²) in [7, 11) is 0. The lowest BCUT2D eigenvalue weighted by Crippen LogP contribution is -2.23. The predicted octanol–water partition coefficient (Wildman–Crippen LogP) is 4.03. The van der Waals surface area contributed by atoms with Crippen LogP contribution in [0.25, 0.3) is 28.4 Å². The van der Waals surface area contributed by atoms with Gasteiger partial charge in [0.05, 0.1) is 29.4 Å². The Labute approximate surface area is 179 Å². The van der Waals surface area contributed by atoms with Gasteiger partial charge < -0.3 is 14.0 Å². The summed E-state index contributed by atoms with van der Waals surface area (Å²) in [6.45, 7) is 6.73. The first-order valence-electron chi connectivity index (χ1n) is 10.5. The quantitative estimate of drug-likeness (QED) is 0.496. The minimum absolute atomic E-state index is 0.0588. The van der Waals surface area contributed by atoms with Crippen LogP contribution in [0.15, 0.2) is 28.6 Å². The van der Waals surface area contributed by atoms with E-state index in [-0.39, 0.29) is 24.6 Å². The highest BCUT2D eigenvalue weighted by Gasteiger charge is 2.36. The fourth-order valence-corrected chi connectivity index (χ4v) is 4.99. The molecule has 4 heterocycles. The zero-order valence-corrected chi connectivity index (χ0v) is 17.7. The van der Waals surface area contributed by atoms with Gasteiger partial charge in [0.2, 0.25) is 6.79 Å². The van der Waals surface area contributed by atoms with E-state index in [0.717, 1.165) is 50.5 Å². The molecule has 6 heteroatoms. The number of rotatable bonds is 2. The Hall–Kier alpha value is -3.41. The van der Waals surface area contributed by atoms with Crippen molar-refractivity contribution < 1.29 is 14.3 Å². The molecule has 3 aliphatic rings.